The Morgan fingerprint density at radius 3 is 2.46 bits per heavy atom. The van der Waals surface area contributed by atoms with E-state index >= 15 is 0 Å². The van der Waals surface area contributed by atoms with Crippen LogP contribution in [0.2, 0.25) is 10.0 Å². The molecule has 0 bridgehead atoms. The number of carbonyl (C=O) groups excluding carboxylic acids is 2. The van der Waals surface area contributed by atoms with Crippen LogP contribution >= 0.6 is 23.2 Å². The Labute approximate surface area is 160 Å². The van der Waals surface area contributed by atoms with Gasteiger partial charge in [0, 0.05) is 6.20 Å². The second-order valence-electron chi connectivity index (χ2n) is 5.07. The molecule has 1 atom stereocenters. The first kappa shape index (κ1) is 19.8. The van der Waals surface area contributed by atoms with Crippen LogP contribution in [0.1, 0.15) is 6.92 Å². The van der Waals surface area contributed by atoms with Gasteiger partial charge in [0.1, 0.15) is 11.5 Å². The topological polar surface area (TPSA) is 86.8 Å². The SMILES string of the molecule is COc1ccc(OCC(=O)O[C@H](C)C(=O)Nc2ncc(Cl)cc2Cl)cc1. The number of rotatable bonds is 7. The lowest BCUT2D eigenvalue weighted by molar-refractivity contribution is -0.155. The molecule has 0 aliphatic heterocycles. The number of nitrogens with zero attached hydrogens (tertiary/aromatic N) is 1. The standard InChI is InChI=1S/C17H16Cl2N2O5/c1-10(17(23)21-16-14(19)7-11(18)8-20-16)26-15(22)9-25-13-5-3-12(24-2)4-6-13/h3-8,10H,9H2,1-2H3,(H,20,21,23)/t10-/m1/s1. The molecule has 0 saturated carbocycles. The quantitative estimate of drug-likeness (QED) is 0.719. The van der Waals surface area contributed by atoms with Crippen LogP contribution in [0.25, 0.3) is 0 Å². The molecule has 0 aliphatic rings. The van der Waals surface area contributed by atoms with Gasteiger partial charge in [0.05, 0.1) is 17.2 Å². The maximum atomic E-state index is 12.1. The molecule has 0 unspecified atom stereocenters. The minimum atomic E-state index is -1.06. The number of amides is 1. The summed E-state index contributed by atoms with van der Waals surface area (Å²) in [5.74, 6) is -0.0201. The molecule has 0 aliphatic carbocycles. The first-order valence-corrected chi connectivity index (χ1v) is 8.23. The van der Waals surface area contributed by atoms with E-state index in [1.165, 1.54) is 19.2 Å². The van der Waals surface area contributed by atoms with Crippen molar-refractivity contribution < 1.29 is 23.8 Å². The number of ether oxygens (including phenoxy) is 3. The van der Waals surface area contributed by atoms with Crippen LogP contribution in [0.4, 0.5) is 5.82 Å². The first-order valence-electron chi connectivity index (χ1n) is 7.47. The zero-order valence-electron chi connectivity index (χ0n) is 14.0. The molecule has 1 aromatic heterocycles. The number of carbonyl (C=O) groups is 2. The van der Waals surface area contributed by atoms with Crippen LogP contribution in [-0.2, 0) is 14.3 Å². The van der Waals surface area contributed by atoms with Gasteiger partial charge in [-0.05, 0) is 37.3 Å². The molecule has 2 aromatic rings. The Morgan fingerprint density at radius 1 is 1.19 bits per heavy atom. The molecule has 9 heteroatoms. The summed E-state index contributed by atoms with van der Waals surface area (Å²) in [5, 5.41) is 2.97. The smallest absolute Gasteiger partial charge is 0.344 e. The van der Waals surface area contributed by atoms with Crippen molar-refractivity contribution in [2.24, 2.45) is 0 Å². The van der Waals surface area contributed by atoms with Crippen molar-refractivity contribution in [2.75, 3.05) is 19.0 Å². The number of pyridine rings is 1. The highest BCUT2D eigenvalue weighted by atomic mass is 35.5. The summed E-state index contributed by atoms with van der Waals surface area (Å²) >= 11 is 11.7. The van der Waals surface area contributed by atoms with E-state index in [-0.39, 0.29) is 17.4 Å². The highest BCUT2D eigenvalue weighted by Crippen LogP contribution is 2.22. The molecule has 0 fully saturated rings. The van der Waals surface area contributed by atoms with Crippen molar-refractivity contribution in [3.05, 3.63) is 46.6 Å². The van der Waals surface area contributed by atoms with Gasteiger partial charge in [-0.3, -0.25) is 4.79 Å². The Balaban J connectivity index is 1.82. The third-order valence-electron chi connectivity index (χ3n) is 3.14. The Morgan fingerprint density at radius 2 is 1.85 bits per heavy atom. The number of methoxy groups -OCH3 is 1. The van der Waals surface area contributed by atoms with Gasteiger partial charge in [-0.15, -0.1) is 0 Å². The van der Waals surface area contributed by atoms with Crippen LogP contribution in [0.15, 0.2) is 36.5 Å². The molecule has 7 nitrogen and oxygen atoms in total. The van der Waals surface area contributed by atoms with E-state index in [1.807, 2.05) is 0 Å². The minimum absolute atomic E-state index is 0.124. The van der Waals surface area contributed by atoms with Gasteiger partial charge in [0.2, 0.25) is 0 Å². The zero-order chi connectivity index (χ0) is 19.1. The van der Waals surface area contributed by atoms with Crippen LogP contribution in [0.3, 0.4) is 0 Å². The highest BCUT2D eigenvalue weighted by Gasteiger charge is 2.19. The van der Waals surface area contributed by atoms with Crippen molar-refractivity contribution >= 4 is 40.9 Å². The van der Waals surface area contributed by atoms with E-state index in [4.69, 9.17) is 37.4 Å². The van der Waals surface area contributed by atoms with Gasteiger partial charge in [0.25, 0.3) is 5.91 Å². The molecule has 1 amide bonds. The molecular weight excluding hydrogens is 383 g/mol. The molecular formula is C17H16Cl2N2O5. The second-order valence-corrected chi connectivity index (χ2v) is 5.91. The van der Waals surface area contributed by atoms with Crippen molar-refractivity contribution in [3.63, 3.8) is 0 Å². The molecule has 1 heterocycles. The summed E-state index contributed by atoms with van der Waals surface area (Å²) in [7, 11) is 1.55. The Kier molecular flexibility index (Phi) is 7.06. The predicted octanol–water partition coefficient (Wildman–Crippen LogP) is 3.35. The summed E-state index contributed by atoms with van der Waals surface area (Å²) < 4.78 is 15.3. The third-order valence-corrected chi connectivity index (χ3v) is 3.64. The predicted molar refractivity (Wildman–Crippen MR) is 96.9 cm³/mol. The van der Waals surface area contributed by atoms with Crippen LogP contribution in [0, 0.1) is 0 Å². The summed E-state index contributed by atoms with van der Waals surface area (Å²) in [6, 6.07) is 8.12. The number of nitrogens with one attached hydrogen (secondary N) is 1. The largest absolute Gasteiger partial charge is 0.497 e. The molecule has 0 saturated heterocycles. The fraction of sp³-hybridized carbons (Fsp3) is 0.235. The second kappa shape index (κ2) is 9.26. The Hall–Kier alpha value is -2.51. The van der Waals surface area contributed by atoms with Crippen molar-refractivity contribution in [3.8, 4) is 11.5 Å². The fourth-order valence-electron chi connectivity index (χ4n) is 1.82. The number of anilines is 1. The van der Waals surface area contributed by atoms with Crippen LogP contribution in [0.5, 0.6) is 11.5 Å². The number of halogens is 2. The molecule has 138 valence electrons. The Bertz CT molecular complexity index is 783. The molecule has 2 rings (SSSR count). The molecule has 0 spiro atoms. The normalized spacial score (nSPS) is 11.4. The maximum Gasteiger partial charge on any atom is 0.344 e. The van der Waals surface area contributed by atoms with E-state index in [0.717, 1.165) is 0 Å². The number of hydrogen-bond acceptors (Lipinski definition) is 6. The summed E-state index contributed by atoms with van der Waals surface area (Å²) in [4.78, 5) is 27.8. The van der Waals surface area contributed by atoms with Gasteiger partial charge in [0.15, 0.2) is 18.5 Å². The van der Waals surface area contributed by atoms with E-state index < -0.39 is 18.0 Å². The lowest BCUT2D eigenvalue weighted by Crippen LogP contribution is -2.32. The molecule has 1 N–H and O–H groups in total. The van der Waals surface area contributed by atoms with Crippen LogP contribution in [-0.4, -0.2) is 36.7 Å². The first-order chi connectivity index (χ1) is 12.4. The number of hydrogen-bond donors (Lipinski definition) is 1. The fourth-order valence-corrected chi connectivity index (χ4v) is 2.25. The summed E-state index contributed by atoms with van der Waals surface area (Å²) in [5.41, 5.74) is 0. The van der Waals surface area contributed by atoms with Crippen LogP contribution < -0.4 is 14.8 Å². The van der Waals surface area contributed by atoms with Crippen molar-refractivity contribution in [2.45, 2.75) is 13.0 Å². The lowest BCUT2D eigenvalue weighted by Gasteiger charge is -2.14. The lowest BCUT2D eigenvalue weighted by atomic mass is 10.3. The number of benzene rings is 1. The van der Waals surface area contributed by atoms with Gasteiger partial charge >= 0.3 is 5.97 Å². The summed E-state index contributed by atoms with van der Waals surface area (Å²) in [6.07, 6.45) is 0.276. The molecule has 26 heavy (non-hydrogen) atoms. The highest BCUT2D eigenvalue weighted by molar-refractivity contribution is 6.36. The molecule has 0 radical (unpaired) electrons. The number of esters is 1. The van der Waals surface area contributed by atoms with Crippen molar-refractivity contribution in [1.29, 1.82) is 0 Å². The monoisotopic (exact) mass is 398 g/mol. The van der Waals surface area contributed by atoms with Gasteiger partial charge in [-0.1, -0.05) is 23.2 Å². The average molecular weight is 399 g/mol. The van der Waals surface area contributed by atoms with E-state index in [2.05, 4.69) is 10.3 Å². The molecule has 1 aromatic carbocycles. The van der Waals surface area contributed by atoms with E-state index in [0.29, 0.717) is 16.5 Å². The van der Waals surface area contributed by atoms with E-state index in [9.17, 15) is 9.59 Å². The third kappa shape index (κ3) is 5.79. The van der Waals surface area contributed by atoms with E-state index in [1.54, 1.807) is 31.4 Å². The van der Waals surface area contributed by atoms with Gasteiger partial charge in [-0.25, -0.2) is 9.78 Å². The van der Waals surface area contributed by atoms with Gasteiger partial charge < -0.3 is 19.5 Å². The zero-order valence-corrected chi connectivity index (χ0v) is 15.5. The minimum Gasteiger partial charge on any atom is -0.497 e. The average Bonchev–Trinajstić information content (AvgIpc) is 2.62. The summed E-state index contributed by atoms with van der Waals surface area (Å²) in [6.45, 7) is 1.08. The van der Waals surface area contributed by atoms with Crippen molar-refractivity contribution in [1.82, 2.24) is 4.98 Å². The van der Waals surface area contributed by atoms with Gasteiger partial charge in [-0.2, -0.15) is 0 Å². The maximum absolute atomic E-state index is 12.1. The number of aromatic nitrogens is 1.